The molecular weight excluding hydrogens is 226 g/mol. The van der Waals surface area contributed by atoms with Crippen LogP contribution in [-0.4, -0.2) is 5.78 Å². The molecule has 1 fully saturated rings. The first kappa shape index (κ1) is 11.2. The number of hydrogen-bond donors (Lipinski definition) is 0. The highest BCUT2D eigenvalue weighted by Gasteiger charge is 2.41. The Kier molecular flexibility index (Phi) is 2.61. The zero-order valence-corrected chi connectivity index (χ0v) is 8.58. The predicted molar refractivity (Wildman–Crippen MR) is 53.2 cm³/mol. The molecule has 2 aliphatic carbocycles. The molecule has 2 unspecified atom stereocenters. The summed E-state index contributed by atoms with van der Waals surface area (Å²) >= 11 is 0. The van der Waals surface area contributed by atoms with Gasteiger partial charge in [0, 0.05) is 18.3 Å². The second-order valence-corrected chi connectivity index (χ2v) is 3.85. The van der Waals surface area contributed by atoms with E-state index in [-0.39, 0.29) is 23.4 Å². The van der Waals surface area contributed by atoms with Crippen molar-refractivity contribution >= 4 is 5.78 Å². The van der Waals surface area contributed by atoms with Crippen molar-refractivity contribution in [1.29, 1.82) is 10.5 Å². The van der Waals surface area contributed by atoms with Crippen LogP contribution in [0.2, 0.25) is 0 Å². The summed E-state index contributed by atoms with van der Waals surface area (Å²) in [5.41, 5.74) is 0.0921. The van der Waals surface area contributed by atoms with Crippen molar-refractivity contribution in [3.05, 3.63) is 35.0 Å². The van der Waals surface area contributed by atoms with Gasteiger partial charge in [0.15, 0.2) is 11.7 Å². The molecule has 3 nitrogen and oxygen atoms in total. The van der Waals surface area contributed by atoms with Crippen molar-refractivity contribution in [3.63, 3.8) is 0 Å². The molecule has 2 atom stereocenters. The van der Waals surface area contributed by atoms with Crippen molar-refractivity contribution < 1.29 is 13.6 Å². The van der Waals surface area contributed by atoms with E-state index in [1.54, 1.807) is 12.1 Å². The Morgan fingerprint density at radius 2 is 1.71 bits per heavy atom. The first-order chi connectivity index (χ1) is 8.08. The molecule has 0 heterocycles. The minimum atomic E-state index is -1.06. The number of carbonyl (C=O) groups is 1. The summed E-state index contributed by atoms with van der Waals surface area (Å²) in [6.45, 7) is 0. The molecule has 5 heteroatoms. The molecule has 0 bridgehead atoms. The lowest BCUT2D eigenvalue weighted by Crippen LogP contribution is -2.15. The number of nitrogens with zero attached hydrogens (tertiary/aromatic N) is 2. The van der Waals surface area contributed by atoms with Crippen molar-refractivity contribution in [2.75, 3.05) is 0 Å². The highest BCUT2D eigenvalue weighted by molar-refractivity contribution is 5.90. The van der Waals surface area contributed by atoms with Gasteiger partial charge in [-0.15, -0.1) is 0 Å². The van der Waals surface area contributed by atoms with Gasteiger partial charge in [-0.05, 0) is 17.7 Å². The SMILES string of the molecule is N#CC(C#N)=C1CC(=O)C2C=C(F)C(F)=CC12. The average Bonchev–Trinajstić information content (AvgIpc) is 2.60. The Labute approximate surface area is 96.0 Å². The number of ketones is 1. The van der Waals surface area contributed by atoms with Crippen LogP contribution in [0.4, 0.5) is 8.78 Å². The van der Waals surface area contributed by atoms with Gasteiger partial charge in [-0.25, -0.2) is 8.78 Å². The molecule has 84 valence electrons. The molecule has 0 spiro atoms. The number of carbonyl (C=O) groups excluding carboxylic acids is 1. The van der Waals surface area contributed by atoms with E-state index in [1.165, 1.54) is 0 Å². The maximum absolute atomic E-state index is 13.1. The van der Waals surface area contributed by atoms with Crippen LogP contribution in [0.25, 0.3) is 0 Å². The third-order valence-corrected chi connectivity index (χ3v) is 2.95. The molecule has 0 aromatic rings. The molecule has 0 aromatic carbocycles. The van der Waals surface area contributed by atoms with E-state index in [4.69, 9.17) is 10.5 Å². The van der Waals surface area contributed by atoms with Gasteiger partial charge in [0.25, 0.3) is 0 Å². The first-order valence-electron chi connectivity index (χ1n) is 4.89. The number of allylic oxidation sites excluding steroid dienone is 6. The summed E-state index contributed by atoms with van der Waals surface area (Å²) in [5.74, 6) is -3.89. The fraction of sp³-hybridized carbons (Fsp3) is 0.250. The largest absolute Gasteiger partial charge is 0.299 e. The quantitative estimate of drug-likeness (QED) is 0.601. The summed E-state index contributed by atoms with van der Waals surface area (Å²) in [5, 5.41) is 17.5. The molecule has 2 rings (SSSR count). The Bertz CT molecular complexity index is 556. The first-order valence-corrected chi connectivity index (χ1v) is 4.89. The minimum absolute atomic E-state index is 0.0979. The van der Waals surface area contributed by atoms with Gasteiger partial charge in [-0.3, -0.25) is 4.79 Å². The molecule has 0 amide bonds. The number of hydrogen-bond acceptors (Lipinski definition) is 3. The van der Waals surface area contributed by atoms with Crippen LogP contribution < -0.4 is 0 Å². The van der Waals surface area contributed by atoms with Crippen LogP contribution >= 0.6 is 0 Å². The number of nitriles is 2. The number of Topliss-reactive ketones (excluding diaryl/α,β-unsaturated/α-hetero) is 1. The van der Waals surface area contributed by atoms with Crippen LogP contribution in [0.3, 0.4) is 0 Å². The summed E-state index contributed by atoms with van der Waals surface area (Å²) in [7, 11) is 0. The van der Waals surface area contributed by atoms with Crippen molar-refractivity contribution in [1.82, 2.24) is 0 Å². The normalized spacial score (nSPS) is 26.6. The van der Waals surface area contributed by atoms with E-state index in [0.717, 1.165) is 12.2 Å². The van der Waals surface area contributed by atoms with Crippen molar-refractivity contribution in [3.8, 4) is 12.1 Å². The van der Waals surface area contributed by atoms with Gasteiger partial charge < -0.3 is 0 Å². The number of halogens is 2. The van der Waals surface area contributed by atoms with Crippen LogP contribution in [0.5, 0.6) is 0 Å². The van der Waals surface area contributed by atoms with Crippen LogP contribution in [0.15, 0.2) is 35.0 Å². The molecule has 0 saturated heterocycles. The van der Waals surface area contributed by atoms with Gasteiger partial charge in [-0.2, -0.15) is 10.5 Å². The maximum atomic E-state index is 13.1. The monoisotopic (exact) mass is 232 g/mol. The fourth-order valence-corrected chi connectivity index (χ4v) is 2.14. The second-order valence-electron chi connectivity index (χ2n) is 3.85. The van der Waals surface area contributed by atoms with E-state index in [1.807, 2.05) is 0 Å². The van der Waals surface area contributed by atoms with Gasteiger partial charge in [0.05, 0.1) is 0 Å². The lowest BCUT2D eigenvalue weighted by atomic mass is 9.87. The molecule has 1 saturated carbocycles. The van der Waals surface area contributed by atoms with Crippen LogP contribution in [-0.2, 0) is 4.79 Å². The topological polar surface area (TPSA) is 64.7 Å². The van der Waals surface area contributed by atoms with Gasteiger partial charge in [0.2, 0.25) is 0 Å². The minimum Gasteiger partial charge on any atom is -0.299 e. The lowest BCUT2D eigenvalue weighted by Gasteiger charge is -2.16. The van der Waals surface area contributed by atoms with E-state index < -0.39 is 23.5 Å². The fourth-order valence-electron chi connectivity index (χ4n) is 2.14. The smallest absolute Gasteiger partial charge is 0.155 e. The Morgan fingerprint density at radius 3 is 2.24 bits per heavy atom. The molecule has 2 aliphatic rings. The third kappa shape index (κ3) is 1.66. The number of rotatable bonds is 0. The van der Waals surface area contributed by atoms with Crippen molar-refractivity contribution in [2.24, 2.45) is 11.8 Å². The Hall–Kier alpha value is -2.27. The van der Waals surface area contributed by atoms with Gasteiger partial charge in [0.1, 0.15) is 23.5 Å². The third-order valence-electron chi connectivity index (χ3n) is 2.95. The molecule has 0 radical (unpaired) electrons. The summed E-state index contributed by atoms with van der Waals surface area (Å²) < 4.78 is 26.1. The molecule has 17 heavy (non-hydrogen) atoms. The van der Waals surface area contributed by atoms with E-state index in [0.29, 0.717) is 0 Å². The highest BCUT2D eigenvalue weighted by atomic mass is 19.2. The maximum Gasteiger partial charge on any atom is 0.155 e. The van der Waals surface area contributed by atoms with Gasteiger partial charge >= 0.3 is 0 Å². The highest BCUT2D eigenvalue weighted by Crippen LogP contribution is 2.42. The summed E-state index contributed by atoms with van der Waals surface area (Å²) in [6.07, 6.45) is 1.79. The molecular formula is C12H6F2N2O. The zero-order chi connectivity index (χ0) is 12.6. The van der Waals surface area contributed by atoms with Crippen molar-refractivity contribution in [2.45, 2.75) is 6.42 Å². The second kappa shape index (κ2) is 3.95. The van der Waals surface area contributed by atoms with Gasteiger partial charge in [-0.1, -0.05) is 0 Å². The van der Waals surface area contributed by atoms with E-state index in [2.05, 4.69) is 0 Å². The lowest BCUT2D eigenvalue weighted by molar-refractivity contribution is -0.119. The molecule has 0 aliphatic heterocycles. The van der Waals surface area contributed by atoms with E-state index in [9.17, 15) is 13.6 Å². The standard InChI is InChI=1S/C12H6F2N2O/c13-10-1-8-7(6(4-15)5-16)3-12(17)9(8)2-11(10)14/h1-2,8-9H,3H2. The average molecular weight is 232 g/mol. The van der Waals surface area contributed by atoms with Crippen LogP contribution in [0.1, 0.15) is 6.42 Å². The summed E-state index contributed by atoms with van der Waals surface area (Å²) in [6, 6.07) is 3.35. The number of fused-ring (bicyclic) bond motifs is 1. The molecule has 0 N–H and O–H groups in total. The zero-order valence-electron chi connectivity index (χ0n) is 8.58. The predicted octanol–water partition coefficient (Wildman–Crippen LogP) is 2.26. The Balaban J connectivity index is 2.54. The van der Waals surface area contributed by atoms with E-state index >= 15 is 0 Å². The Morgan fingerprint density at radius 1 is 1.18 bits per heavy atom. The molecule has 0 aromatic heterocycles. The van der Waals surface area contributed by atoms with Crippen LogP contribution in [0, 0.1) is 34.5 Å². The summed E-state index contributed by atoms with van der Waals surface area (Å²) in [4.78, 5) is 11.6.